The molecule has 2 N–H and O–H groups in total. The molecule has 0 aliphatic carbocycles. The van der Waals surface area contributed by atoms with Crippen LogP contribution in [-0.2, 0) is 6.54 Å². The fourth-order valence-electron chi connectivity index (χ4n) is 2.28. The molecule has 0 radical (unpaired) electrons. The van der Waals surface area contributed by atoms with Crippen molar-refractivity contribution < 1.29 is 14.8 Å². The predicted molar refractivity (Wildman–Crippen MR) is 67.3 cm³/mol. The first-order valence-electron chi connectivity index (χ1n) is 5.96. The zero-order chi connectivity index (χ0) is 12.3. The van der Waals surface area contributed by atoms with E-state index in [1.165, 1.54) is 20.0 Å². The van der Waals surface area contributed by atoms with E-state index in [9.17, 15) is 10.0 Å². The van der Waals surface area contributed by atoms with E-state index in [-0.39, 0.29) is 0 Å². The van der Waals surface area contributed by atoms with E-state index in [2.05, 4.69) is 4.90 Å². The highest BCUT2D eigenvalue weighted by Crippen LogP contribution is 2.15. The Bertz CT molecular complexity index is 378. The summed E-state index contributed by atoms with van der Waals surface area (Å²) in [5, 5.41) is 18.6. The van der Waals surface area contributed by atoms with Crippen molar-refractivity contribution in [1.29, 1.82) is 0 Å². The van der Waals surface area contributed by atoms with Crippen molar-refractivity contribution in [3.63, 3.8) is 0 Å². The first-order chi connectivity index (χ1) is 8.20. The summed E-state index contributed by atoms with van der Waals surface area (Å²) >= 11 is 0. The zero-order valence-electron chi connectivity index (χ0n) is 10.1. The number of hydrogen-bond acceptors (Lipinski definition) is 4. The molecule has 0 unspecified atom stereocenters. The number of likely N-dealkylation sites (tertiary alicyclic amines) is 1. The van der Waals surface area contributed by atoms with Crippen molar-refractivity contribution in [3.05, 3.63) is 23.8 Å². The van der Waals surface area contributed by atoms with E-state index < -0.39 is 7.12 Å². The monoisotopic (exact) mass is 235 g/mol. The lowest BCUT2D eigenvalue weighted by Gasteiger charge is -2.16. The van der Waals surface area contributed by atoms with E-state index in [0.717, 1.165) is 25.2 Å². The fourth-order valence-corrected chi connectivity index (χ4v) is 2.28. The average molecular weight is 235 g/mol. The Morgan fingerprint density at radius 3 is 2.59 bits per heavy atom. The number of methoxy groups -OCH3 is 1. The average Bonchev–Trinajstić information content (AvgIpc) is 2.81. The van der Waals surface area contributed by atoms with Gasteiger partial charge in [-0.3, -0.25) is 4.90 Å². The van der Waals surface area contributed by atoms with Gasteiger partial charge < -0.3 is 14.8 Å². The van der Waals surface area contributed by atoms with Gasteiger partial charge in [0.15, 0.2) is 0 Å². The van der Waals surface area contributed by atoms with Crippen molar-refractivity contribution in [2.75, 3.05) is 20.2 Å². The molecule has 0 spiro atoms. The Morgan fingerprint density at radius 2 is 2.00 bits per heavy atom. The van der Waals surface area contributed by atoms with Gasteiger partial charge in [0.2, 0.25) is 0 Å². The minimum absolute atomic E-state index is 0.434. The van der Waals surface area contributed by atoms with Crippen LogP contribution in [0.15, 0.2) is 18.2 Å². The van der Waals surface area contributed by atoms with Crippen LogP contribution in [0.1, 0.15) is 18.4 Å². The lowest BCUT2D eigenvalue weighted by molar-refractivity contribution is 0.331. The molecule has 0 saturated carbocycles. The Hall–Kier alpha value is -1.04. The van der Waals surface area contributed by atoms with Gasteiger partial charge in [-0.1, -0.05) is 12.1 Å². The van der Waals surface area contributed by atoms with Crippen LogP contribution in [0.2, 0.25) is 0 Å². The Kier molecular flexibility index (Phi) is 4.04. The normalized spacial score (nSPS) is 16.2. The summed E-state index contributed by atoms with van der Waals surface area (Å²) in [6.45, 7) is 3.12. The third kappa shape index (κ3) is 3.00. The summed E-state index contributed by atoms with van der Waals surface area (Å²) in [7, 11) is 0.0462. The second kappa shape index (κ2) is 5.53. The van der Waals surface area contributed by atoms with Crippen LogP contribution in [0.3, 0.4) is 0 Å². The molecule has 1 aliphatic heterocycles. The maximum absolute atomic E-state index is 9.28. The topological polar surface area (TPSA) is 52.9 Å². The maximum Gasteiger partial charge on any atom is 0.492 e. The SMILES string of the molecule is COc1ccc(CN2CCCC2)cc1B(O)O. The molecule has 1 aromatic carbocycles. The molecular weight excluding hydrogens is 217 g/mol. The Labute approximate surface area is 102 Å². The van der Waals surface area contributed by atoms with Gasteiger partial charge in [0, 0.05) is 12.0 Å². The molecular formula is C12H18BNO3. The largest absolute Gasteiger partial charge is 0.497 e. The fraction of sp³-hybridized carbons (Fsp3) is 0.500. The molecule has 5 heteroatoms. The van der Waals surface area contributed by atoms with Crippen LogP contribution < -0.4 is 10.2 Å². The highest BCUT2D eigenvalue weighted by atomic mass is 16.5. The second-order valence-corrected chi connectivity index (χ2v) is 4.43. The van der Waals surface area contributed by atoms with Crippen LogP contribution in [-0.4, -0.2) is 42.3 Å². The lowest BCUT2D eigenvalue weighted by atomic mass is 9.78. The summed E-state index contributed by atoms with van der Waals surface area (Å²) in [5.41, 5.74) is 1.53. The van der Waals surface area contributed by atoms with Gasteiger partial charge in [0.1, 0.15) is 5.75 Å². The smallest absolute Gasteiger partial charge is 0.492 e. The van der Waals surface area contributed by atoms with Gasteiger partial charge in [-0.05, 0) is 37.6 Å². The molecule has 0 amide bonds. The second-order valence-electron chi connectivity index (χ2n) is 4.43. The van der Waals surface area contributed by atoms with Gasteiger partial charge in [0.25, 0.3) is 0 Å². The summed E-state index contributed by atoms with van der Waals surface area (Å²) < 4.78 is 5.10. The molecule has 0 atom stereocenters. The highest BCUT2D eigenvalue weighted by molar-refractivity contribution is 6.59. The summed E-state index contributed by atoms with van der Waals surface area (Å²) in [6.07, 6.45) is 2.51. The molecule has 2 rings (SSSR count). The van der Waals surface area contributed by atoms with Gasteiger partial charge in [-0.2, -0.15) is 0 Å². The Morgan fingerprint density at radius 1 is 1.29 bits per heavy atom. The third-order valence-electron chi connectivity index (χ3n) is 3.18. The number of nitrogens with zero attached hydrogens (tertiary/aromatic N) is 1. The quantitative estimate of drug-likeness (QED) is 0.719. The molecule has 1 aromatic rings. The molecule has 0 bridgehead atoms. The molecule has 0 aromatic heterocycles. The lowest BCUT2D eigenvalue weighted by Crippen LogP contribution is -2.32. The van der Waals surface area contributed by atoms with Crippen molar-refractivity contribution in [2.45, 2.75) is 19.4 Å². The molecule has 17 heavy (non-hydrogen) atoms. The van der Waals surface area contributed by atoms with Crippen molar-refractivity contribution in [1.82, 2.24) is 4.90 Å². The van der Waals surface area contributed by atoms with Gasteiger partial charge >= 0.3 is 7.12 Å². The first-order valence-corrected chi connectivity index (χ1v) is 5.96. The van der Waals surface area contributed by atoms with Gasteiger partial charge in [0.05, 0.1) is 7.11 Å². The molecule has 1 aliphatic rings. The van der Waals surface area contributed by atoms with E-state index in [1.807, 2.05) is 12.1 Å². The third-order valence-corrected chi connectivity index (χ3v) is 3.18. The van der Waals surface area contributed by atoms with E-state index in [4.69, 9.17) is 4.74 Å². The summed E-state index contributed by atoms with van der Waals surface area (Å²) in [6, 6.07) is 5.57. The van der Waals surface area contributed by atoms with Gasteiger partial charge in [-0.15, -0.1) is 0 Å². The van der Waals surface area contributed by atoms with Crippen LogP contribution >= 0.6 is 0 Å². The summed E-state index contributed by atoms with van der Waals surface area (Å²) in [5.74, 6) is 0.519. The van der Waals surface area contributed by atoms with Crippen molar-refractivity contribution in [3.8, 4) is 5.75 Å². The minimum Gasteiger partial charge on any atom is -0.497 e. The van der Waals surface area contributed by atoms with Crippen molar-refractivity contribution >= 4 is 12.6 Å². The standard InChI is InChI=1S/C12H18BNO3/c1-17-12-5-4-10(8-11(12)13(15)16)9-14-6-2-3-7-14/h4-5,8,15-16H,2-3,6-7,9H2,1H3. The van der Waals surface area contributed by atoms with E-state index >= 15 is 0 Å². The van der Waals surface area contributed by atoms with E-state index in [0.29, 0.717) is 11.2 Å². The van der Waals surface area contributed by atoms with Crippen molar-refractivity contribution in [2.24, 2.45) is 0 Å². The molecule has 1 heterocycles. The number of benzene rings is 1. The Balaban J connectivity index is 2.14. The molecule has 4 nitrogen and oxygen atoms in total. The zero-order valence-corrected chi connectivity index (χ0v) is 10.1. The van der Waals surface area contributed by atoms with Crippen LogP contribution in [0.25, 0.3) is 0 Å². The van der Waals surface area contributed by atoms with Gasteiger partial charge in [-0.25, -0.2) is 0 Å². The number of rotatable bonds is 4. The van der Waals surface area contributed by atoms with Crippen LogP contribution in [0.4, 0.5) is 0 Å². The summed E-state index contributed by atoms with van der Waals surface area (Å²) in [4.78, 5) is 2.37. The predicted octanol–water partition coefficient (Wildman–Crippen LogP) is -0.0292. The maximum atomic E-state index is 9.28. The highest BCUT2D eigenvalue weighted by Gasteiger charge is 2.18. The number of ether oxygens (including phenoxy) is 1. The van der Waals surface area contributed by atoms with Crippen LogP contribution in [0.5, 0.6) is 5.75 Å². The van der Waals surface area contributed by atoms with E-state index in [1.54, 1.807) is 6.07 Å². The van der Waals surface area contributed by atoms with Crippen LogP contribution in [0, 0.1) is 0 Å². The molecule has 1 saturated heterocycles. The first kappa shape index (κ1) is 12.4. The molecule has 92 valence electrons. The molecule has 1 fully saturated rings. The number of hydrogen-bond donors (Lipinski definition) is 2. The minimum atomic E-state index is -1.48.